The molecule has 0 saturated carbocycles. The molecule has 0 bridgehead atoms. The maximum Gasteiger partial charge on any atom is 0.417 e. The van der Waals surface area contributed by atoms with Crippen molar-refractivity contribution in [2.75, 3.05) is 19.8 Å². The van der Waals surface area contributed by atoms with E-state index in [4.69, 9.17) is 14.6 Å². The number of alkyl halides is 3. The van der Waals surface area contributed by atoms with Crippen LogP contribution in [0.5, 0.6) is 5.75 Å². The lowest BCUT2D eigenvalue weighted by atomic mass is 10.0. The van der Waals surface area contributed by atoms with E-state index in [2.05, 4.69) is 0 Å². The quantitative estimate of drug-likeness (QED) is 0.928. The Morgan fingerprint density at radius 2 is 2.00 bits per heavy atom. The molecule has 0 amide bonds. The van der Waals surface area contributed by atoms with Gasteiger partial charge in [-0.3, -0.25) is 0 Å². The third-order valence-electron chi connectivity index (χ3n) is 3.35. The lowest BCUT2D eigenvalue weighted by molar-refractivity contribution is -0.138. The van der Waals surface area contributed by atoms with Crippen LogP contribution in [0.4, 0.5) is 13.2 Å². The van der Waals surface area contributed by atoms with Gasteiger partial charge < -0.3 is 14.6 Å². The van der Waals surface area contributed by atoms with Crippen LogP contribution in [0.25, 0.3) is 0 Å². The molecule has 0 aliphatic carbocycles. The summed E-state index contributed by atoms with van der Waals surface area (Å²) in [6.45, 7) is 1.62. The maximum absolute atomic E-state index is 12.7. The second-order valence-electron chi connectivity index (χ2n) is 4.88. The summed E-state index contributed by atoms with van der Waals surface area (Å²) in [4.78, 5) is 11.0. The first-order valence-electron chi connectivity index (χ1n) is 6.53. The van der Waals surface area contributed by atoms with E-state index in [0.29, 0.717) is 19.8 Å². The number of hydrogen-bond donors (Lipinski definition) is 1. The molecule has 21 heavy (non-hydrogen) atoms. The van der Waals surface area contributed by atoms with E-state index in [1.165, 1.54) is 0 Å². The van der Waals surface area contributed by atoms with Gasteiger partial charge in [0.1, 0.15) is 5.75 Å². The number of hydrogen-bond acceptors (Lipinski definition) is 3. The van der Waals surface area contributed by atoms with E-state index < -0.39 is 23.3 Å². The second-order valence-corrected chi connectivity index (χ2v) is 4.88. The van der Waals surface area contributed by atoms with Crippen LogP contribution in [0.2, 0.25) is 0 Å². The van der Waals surface area contributed by atoms with E-state index in [9.17, 15) is 18.0 Å². The Morgan fingerprint density at radius 1 is 1.33 bits per heavy atom. The van der Waals surface area contributed by atoms with Gasteiger partial charge >= 0.3 is 12.1 Å². The van der Waals surface area contributed by atoms with Gasteiger partial charge in [0, 0.05) is 13.2 Å². The normalized spacial score (nSPS) is 16.7. The van der Waals surface area contributed by atoms with Gasteiger partial charge in [0.15, 0.2) is 0 Å². The highest BCUT2D eigenvalue weighted by Crippen LogP contribution is 2.34. The highest BCUT2D eigenvalue weighted by Gasteiger charge is 2.35. The number of rotatable bonds is 4. The molecule has 7 heteroatoms. The molecular formula is C14H15F3O4. The molecule has 1 fully saturated rings. The smallest absolute Gasteiger partial charge is 0.417 e. The number of benzene rings is 1. The fourth-order valence-electron chi connectivity index (χ4n) is 2.16. The van der Waals surface area contributed by atoms with Crippen LogP contribution in [-0.2, 0) is 10.9 Å². The lowest BCUT2D eigenvalue weighted by Crippen LogP contribution is -2.21. The Balaban J connectivity index is 2.10. The Hall–Kier alpha value is -1.76. The highest BCUT2D eigenvalue weighted by atomic mass is 19.4. The standard InChI is InChI=1S/C14H15F3O4/c15-14(16,17)12-2-1-10(7-11(12)13(18)19)21-8-9-3-5-20-6-4-9/h1-2,7,9H,3-6,8H2,(H,18,19). The van der Waals surface area contributed by atoms with Gasteiger partial charge in [-0.2, -0.15) is 13.2 Å². The average Bonchev–Trinajstić information content (AvgIpc) is 2.45. The van der Waals surface area contributed by atoms with Crippen LogP contribution in [0.15, 0.2) is 18.2 Å². The summed E-state index contributed by atoms with van der Waals surface area (Å²) < 4.78 is 48.7. The number of carboxylic acids is 1. The molecule has 1 heterocycles. The lowest BCUT2D eigenvalue weighted by Gasteiger charge is -2.22. The topological polar surface area (TPSA) is 55.8 Å². The third-order valence-corrected chi connectivity index (χ3v) is 3.35. The number of aromatic carboxylic acids is 1. The Bertz CT molecular complexity index is 507. The molecular weight excluding hydrogens is 289 g/mol. The molecule has 1 aliphatic rings. The number of carbonyl (C=O) groups is 1. The van der Waals surface area contributed by atoms with Crippen molar-refractivity contribution in [3.8, 4) is 5.75 Å². The fourth-order valence-corrected chi connectivity index (χ4v) is 2.16. The summed E-state index contributed by atoms with van der Waals surface area (Å²) in [5.41, 5.74) is -1.97. The van der Waals surface area contributed by atoms with E-state index in [-0.39, 0.29) is 11.7 Å². The first-order chi connectivity index (χ1) is 9.88. The van der Waals surface area contributed by atoms with Crippen LogP contribution in [-0.4, -0.2) is 30.9 Å². The summed E-state index contributed by atoms with van der Waals surface area (Å²) in [6.07, 6.45) is -3.05. The van der Waals surface area contributed by atoms with Crippen molar-refractivity contribution in [2.24, 2.45) is 5.92 Å². The van der Waals surface area contributed by atoms with Crippen molar-refractivity contribution in [1.29, 1.82) is 0 Å². The first-order valence-corrected chi connectivity index (χ1v) is 6.53. The molecule has 0 unspecified atom stereocenters. The molecule has 1 aromatic carbocycles. The second kappa shape index (κ2) is 6.34. The number of halogens is 3. The van der Waals surface area contributed by atoms with Crippen molar-refractivity contribution in [1.82, 2.24) is 0 Å². The minimum absolute atomic E-state index is 0.131. The Labute approximate surface area is 119 Å². The summed E-state index contributed by atoms with van der Waals surface area (Å²) in [5, 5.41) is 8.90. The third kappa shape index (κ3) is 4.10. The fraction of sp³-hybridized carbons (Fsp3) is 0.500. The van der Waals surface area contributed by atoms with Crippen LogP contribution < -0.4 is 4.74 Å². The molecule has 0 radical (unpaired) electrons. The Kier molecular flexibility index (Phi) is 4.72. The minimum Gasteiger partial charge on any atom is -0.493 e. The van der Waals surface area contributed by atoms with Crippen molar-refractivity contribution in [3.63, 3.8) is 0 Å². The predicted molar refractivity (Wildman–Crippen MR) is 67.4 cm³/mol. The van der Waals surface area contributed by atoms with Gasteiger partial charge in [-0.15, -0.1) is 0 Å². The van der Waals surface area contributed by atoms with E-state index >= 15 is 0 Å². The van der Waals surface area contributed by atoms with E-state index in [0.717, 1.165) is 31.0 Å². The van der Waals surface area contributed by atoms with Gasteiger partial charge in [-0.05, 0) is 37.0 Å². The van der Waals surface area contributed by atoms with Crippen LogP contribution in [0, 0.1) is 5.92 Å². The first kappa shape index (κ1) is 15.6. The van der Waals surface area contributed by atoms with Crippen molar-refractivity contribution < 1.29 is 32.5 Å². The predicted octanol–water partition coefficient (Wildman–Crippen LogP) is 3.21. The summed E-state index contributed by atoms with van der Waals surface area (Å²) in [5.74, 6) is -1.22. The zero-order valence-electron chi connectivity index (χ0n) is 11.2. The molecule has 1 saturated heterocycles. The highest BCUT2D eigenvalue weighted by molar-refractivity contribution is 5.90. The zero-order chi connectivity index (χ0) is 15.5. The monoisotopic (exact) mass is 304 g/mol. The minimum atomic E-state index is -4.70. The van der Waals surface area contributed by atoms with Crippen molar-refractivity contribution in [2.45, 2.75) is 19.0 Å². The van der Waals surface area contributed by atoms with Gasteiger partial charge in [0.25, 0.3) is 0 Å². The van der Waals surface area contributed by atoms with E-state index in [1.54, 1.807) is 0 Å². The molecule has 0 atom stereocenters. The van der Waals surface area contributed by atoms with Crippen LogP contribution in [0.1, 0.15) is 28.8 Å². The summed E-state index contributed by atoms with van der Waals surface area (Å²) >= 11 is 0. The molecule has 2 rings (SSSR count). The van der Waals surface area contributed by atoms with Gasteiger partial charge in [-0.25, -0.2) is 4.79 Å². The molecule has 1 N–H and O–H groups in total. The molecule has 1 aromatic rings. The van der Waals surface area contributed by atoms with Gasteiger partial charge in [-0.1, -0.05) is 0 Å². The average molecular weight is 304 g/mol. The van der Waals surface area contributed by atoms with Gasteiger partial charge in [0.2, 0.25) is 0 Å². The van der Waals surface area contributed by atoms with Crippen LogP contribution in [0.3, 0.4) is 0 Å². The Morgan fingerprint density at radius 3 is 2.57 bits per heavy atom. The van der Waals surface area contributed by atoms with Crippen molar-refractivity contribution in [3.05, 3.63) is 29.3 Å². The summed E-state index contributed by atoms with van der Waals surface area (Å²) in [7, 11) is 0. The maximum atomic E-state index is 12.7. The number of ether oxygens (including phenoxy) is 2. The molecule has 116 valence electrons. The van der Waals surface area contributed by atoms with Gasteiger partial charge in [0.05, 0.1) is 17.7 Å². The van der Waals surface area contributed by atoms with E-state index in [1.807, 2.05) is 0 Å². The van der Waals surface area contributed by atoms with Crippen LogP contribution >= 0.6 is 0 Å². The zero-order valence-corrected chi connectivity index (χ0v) is 11.2. The largest absolute Gasteiger partial charge is 0.493 e. The summed E-state index contributed by atoms with van der Waals surface area (Å²) in [6, 6.07) is 2.81. The molecule has 0 spiro atoms. The molecule has 0 aromatic heterocycles. The number of carboxylic acid groups (broad SMARTS) is 1. The SMILES string of the molecule is O=C(O)c1cc(OCC2CCOCC2)ccc1C(F)(F)F. The molecule has 4 nitrogen and oxygen atoms in total. The molecule has 1 aliphatic heterocycles. The van der Waals surface area contributed by atoms with Crippen molar-refractivity contribution >= 4 is 5.97 Å².